The average Bonchev–Trinajstić information content (AvgIpc) is 2.63. The van der Waals surface area contributed by atoms with Gasteiger partial charge in [-0.1, -0.05) is 0 Å². The van der Waals surface area contributed by atoms with Gasteiger partial charge in [-0.05, 0) is 0 Å². The molecule has 6 heteroatoms. The van der Waals surface area contributed by atoms with E-state index in [4.69, 9.17) is 4.43 Å². The van der Waals surface area contributed by atoms with Crippen LogP contribution < -0.4 is 24.8 Å². The van der Waals surface area contributed by atoms with Crippen molar-refractivity contribution in [3.63, 3.8) is 0 Å². The van der Waals surface area contributed by atoms with E-state index in [-0.39, 0.29) is 35.5 Å². The Morgan fingerprint density at radius 1 is 1.28 bits per heavy atom. The van der Waals surface area contributed by atoms with Crippen LogP contribution in [0.5, 0.6) is 0 Å². The average molecular weight is 358 g/mol. The summed E-state index contributed by atoms with van der Waals surface area (Å²) in [7, 11) is -0.0365. The van der Waals surface area contributed by atoms with Crippen LogP contribution in [0, 0.1) is 5.41 Å². The van der Waals surface area contributed by atoms with Gasteiger partial charge in [-0.15, -0.1) is 0 Å². The maximum Gasteiger partial charge on any atom is -1.00 e. The number of hydrogen-bond acceptors (Lipinski definition) is 1. The summed E-state index contributed by atoms with van der Waals surface area (Å²) in [6, 6.07) is 0. The second-order valence-corrected chi connectivity index (χ2v) is 10.4. The van der Waals surface area contributed by atoms with Crippen LogP contribution in [0.15, 0.2) is 21.6 Å². The Hall–Kier alpha value is 1.17. The van der Waals surface area contributed by atoms with Crippen molar-refractivity contribution >= 4 is 19.3 Å². The molecule has 1 rings (SSSR count). The van der Waals surface area contributed by atoms with E-state index in [0.717, 1.165) is 16.9 Å². The van der Waals surface area contributed by atoms with Crippen LogP contribution in [0.25, 0.3) is 0 Å². The van der Waals surface area contributed by atoms with Gasteiger partial charge in [0.2, 0.25) is 0 Å². The molecule has 1 aliphatic rings. The van der Waals surface area contributed by atoms with Gasteiger partial charge in [0.05, 0.1) is 0 Å². The predicted molar refractivity (Wildman–Crippen MR) is 72.9 cm³/mol. The van der Waals surface area contributed by atoms with E-state index >= 15 is 0 Å². The third kappa shape index (κ3) is 3.63. The van der Waals surface area contributed by atoms with E-state index in [2.05, 4.69) is 66.5 Å². The fourth-order valence-electron chi connectivity index (χ4n) is 2.57. The second kappa shape index (κ2) is 7.82. The molecule has 103 valence electrons. The van der Waals surface area contributed by atoms with Gasteiger partial charge in [-0.2, -0.15) is 0 Å². The van der Waals surface area contributed by atoms with E-state index in [1.165, 1.54) is 9.45 Å². The van der Waals surface area contributed by atoms with Gasteiger partial charge in [0.25, 0.3) is 0 Å². The largest absolute Gasteiger partial charge is 1.00 e. The molecular weight excluding hydrogens is 335 g/mol. The van der Waals surface area contributed by atoms with E-state index in [9.17, 15) is 0 Å². The molecule has 0 spiro atoms. The van der Waals surface area contributed by atoms with Crippen molar-refractivity contribution < 1.29 is 49.7 Å². The van der Waals surface area contributed by atoms with Gasteiger partial charge < -0.3 is 24.8 Å². The van der Waals surface area contributed by atoms with Crippen molar-refractivity contribution in [2.75, 3.05) is 0 Å². The Labute approximate surface area is 141 Å². The standard InChI is InChI=1S/C12H23OSi2.2ClH.Ti/c1-11(2,10-8-6-7-9-10)12(3,13-14)15(4)5;;;/h6,8,15H,7H2,1-5,14H3;2*1H;/q;;;+2/p-2. The molecule has 0 N–H and O–H groups in total. The predicted octanol–water partition coefficient (Wildman–Crippen LogP) is -4.14. The molecule has 0 aromatic carbocycles. The zero-order chi connectivity index (χ0) is 12.6. The summed E-state index contributed by atoms with van der Waals surface area (Å²) in [6.45, 7) is 11.8. The molecule has 0 fully saturated rings. The van der Waals surface area contributed by atoms with Crippen molar-refractivity contribution in [2.45, 2.75) is 45.5 Å². The van der Waals surface area contributed by atoms with Crippen molar-refractivity contribution in [3.8, 4) is 0 Å². The summed E-state index contributed by atoms with van der Waals surface area (Å²) in [4.78, 5) is 0. The monoisotopic (exact) mass is 357 g/mol. The molecule has 0 saturated carbocycles. The summed E-state index contributed by atoms with van der Waals surface area (Å²) >= 11 is 2.26. The molecule has 0 amide bonds. The van der Waals surface area contributed by atoms with Crippen LogP contribution in [-0.2, 0) is 24.9 Å². The Morgan fingerprint density at radius 2 is 1.78 bits per heavy atom. The first-order valence-electron chi connectivity index (χ1n) is 5.94. The molecule has 0 aromatic rings. The fourth-order valence-corrected chi connectivity index (χ4v) is 7.37. The number of rotatable bonds is 4. The fraction of sp³-hybridized carbons (Fsp3) is 0.667. The molecule has 0 bridgehead atoms. The van der Waals surface area contributed by atoms with Gasteiger partial charge in [-0.25, -0.2) is 0 Å². The minimum absolute atomic E-state index is 0. The van der Waals surface area contributed by atoms with Crippen molar-refractivity contribution in [2.24, 2.45) is 5.41 Å². The SMILES string of the molecule is C[SiH](C)C(C)(O[SiH3])C(C)(C)C1=[C]([Ti+2])CC=C1.[Cl-].[Cl-]. The third-order valence-electron chi connectivity index (χ3n) is 4.37. The van der Waals surface area contributed by atoms with E-state index in [0.29, 0.717) is 0 Å². The Morgan fingerprint density at radius 3 is 2.06 bits per heavy atom. The summed E-state index contributed by atoms with van der Waals surface area (Å²) in [6.07, 6.45) is 5.71. The topological polar surface area (TPSA) is 9.23 Å². The number of allylic oxidation sites excluding steroid dienone is 3. The van der Waals surface area contributed by atoms with Crippen LogP contribution >= 0.6 is 0 Å². The molecule has 0 aromatic heterocycles. The second-order valence-electron chi connectivity index (χ2n) is 5.59. The molecule has 18 heavy (non-hydrogen) atoms. The molecule has 0 saturated heterocycles. The zero-order valence-corrected chi connectivity index (χ0v) is 18.3. The normalized spacial score (nSPS) is 18.7. The molecule has 0 radical (unpaired) electrons. The number of hydrogen-bond donors (Lipinski definition) is 0. The molecule has 1 aliphatic carbocycles. The quantitative estimate of drug-likeness (QED) is 0.464. The Kier molecular flexibility index (Phi) is 9.33. The van der Waals surface area contributed by atoms with Gasteiger partial charge in [0.1, 0.15) is 0 Å². The zero-order valence-electron chi connectivity index (χ0n) is 12.1. The molecule has 1 unspecified atom stereocenters. The van der Waals surface area contributed by atoms with Crippen molar-refractivity contribution in [1.82, 2.24) is 0 Å². The third-order valence-corrected chi connectivity index (χ3v) is 9.59. The molecule has 0 heterocycles. The maximum atomic E-state index is 6.06. The van der Waals surface area contributed by atoms with Gasteiger partial charge in [0.15, 0.2) is 0 Å². The van der Waals surface area contributed by atoms with Crippen molar-refractivity contribution in [3.05, 3.63) is 21.6 Å². The Bertz CT molecular complexity index is 343. The van der Waals surface area contributed by atoms with E-state index < -0.39 is 8.80 Å². The maximum absolute atomic E-state index is 6.06. The first kappa shape index (κ1) is 21.5. The van der Waals surface area contributed by atoms with Gasteiger partial charge in [-0.3, -0.25) is 0 Å². The summed E-state index contributed by atoms with van der Waals surface area (Å²) in [5.74, 6) is 0. The first-order valence-corrected chi connectivity index (χ1v) is 10.4. The smallest absolute Gasteiger partial charge is 1.00 e. The summed E-state index contributed by atoms with van der Waals surface area (Å²) in [5, 5.41) is 0.0739. The molecular formula is C12H23Cl2OSi2Ti. The molecule has 0 aliphatic heterocycles. The molecule has 1 atom stereocenters. The molecule has 1 nitrogen and oxygen atoms in total. The summed E-state index contributed by atoms with van der Waals surface area (Å²) in [5.41, 5.74) is 1.65. The number of halogens is 2. The van der Waals surface area contributed by atoms with E-state index in [1.807, 2.05) is 0 Å². The van der Waals surface area contributed by atoms with Gasteiger partial charge in [0, 0.05) is 0 Å². The minimum atomic E-state index is -0.865. The Balaban J connectivity index is 0. The van der Waals surface area contributed by atoms with Gasteiger partial charge >= 0.3 is 117 Å². The van der Waals surface area contributed by atoms with Crippen molar-refractivity contribution in [1.29, 1.82) is 0 Å². The van der Waals surface area contributed by atoms with Crippen LogP contribution in [-0.4, -0.2) is 24.5 Å². The van der Waals surface area contributed by atoms with E-state index in [1.54, 1.807) is 0 Å². The minimum Gasteiger partial charge on any atom is -1.00 e. The summed E-state index contributed by atoms with van der Waals surface area (Å²) < 4.78 is 7.58. The van der Waals surface area contributed by atoms with Crippen LogP contribution in [0.3, 0.4) is 0 Å². The first-order chi connectivity index (χ1) is 7.27. The van der Waals surface area contributed by atoms with Crippen LogP contribution in [0.1, 0.15) is 27.2 Å². The van der Waals surface area contributed by atoms with Crippen LogP contribution in [0.2, 0.25) is 13.1 Å². The van der Waals surface area contributed by atoms with Crippen LogP contribution in [0.4, 0.5) is 0 Å².